The Morgan fingerprint density at radius 2 is 2.22 bits per heavy atom. The molecule has 0 radical (unpaired) electrons. The fourth-order valence-electron chi connectivity index (χ4n) is 1.51. The van der Waals surface area contributed by atoms with E-state index in [2.05, 4.69) is 10.5 Å². The van der Waals surface area contributed by atoms with Crippen molar-refractivity contribution < 1.29 is 13.7 Å². The van der Waals surface area contributed by atoms with Crippen LogP contribution in [-0.2, 0) is 13.2 Å². The van der Waals surface area contributed by atoms with Gasteiger partial charge in [0.1, 0.15) is 18.2 Å². The third-order valence-corrected chi connectivity index (χ3v) is 2.49. The minimum absolute atomic E-state index is 0.235. The van der Waals surface area contributed by atoms with Gasteiger partial charge in [-0.05, 0) is 25.6 Å². The van der Waals surface area contributed by atoms with E-state index in [-0.39, 0.29) is 12.4 Å². The van der Waals surface area contributed by atoms with Crippen LogP contribution in [0.15, 0.2) is 28.8 Å². The van der Waals surface area contributed by atoms with Gasteiger partial charge in [0.05, 0.1) is 5.69 Å². The normalized spacial score (nSPS) is 10.6. The highest BCUT2D eigenvalue weighted by Crippen LogP contribution is 2.17. The average molecular weight is 250 g/mol. The molecule has 1 aromatic heterocycles. The van der Waals surface area contributed by atoms with Crippen LogP contribution in [0.1, 0.15) is 17.0 Å². The first-order valence-electron chi connectivity index (χ1n) is 5.67. The van der Waals surface area contributed by atoms with Gasteiger partial charge in [-0.15, -0.1) is 0 Å². The van der Waals surface area contributed by atoms with Gasteiger partial charge in [0, 0.05) is 18.7 Å². The molecule has 0 saturated heterocycles. The van der Waals surface area contributed by atoms with E-state index in [9.17, 15) is 4.39 Å². The van der Waals surface area contributed by atoms with E-state index >= 15 is 0 Å². The molecule has 96 valence electrons. The molecule has 5 heteroatoms. The van der Waals surface area contributed by atoms with Gasteiger partial charge in [0.2, 0.25) is 0 Å². The summed E-state index contributed by atoms with van der Waals surface area (Å²) in [5.74, 6) is 0.812. The van der Waals surface area contributed by atoms with Crippen molar-refractivity contribution in [2.45, 2.75) is 20.1 Å². The van der Waals surface area contributed by atoms with Crippen LogP contribution in [0, 0.1) is 12.7 Å². The molecule has 0 aliphatic carbocycles. The van der Waals surface area contributed by atoms with Crippen LogP contribution >= 0.6 is 0 Å². The zero-order valence-corrected chi connectivity index (χ0v) is 10.4. The molecule has 0 spiro atoms. The Morgan fingerprint density at radius 3 is 2.94 bits per heavy atom. The highest BCUT2D eigenvalue weighted by atomic mass is 19.1. The van der Waals surface area contributed by atoms with Gasteiger partial charge in [-0.1, -0.05) is 11.2 Å². The number of nitrogens with one attached hydrogen (secondary N) is 1. The van der Waals surface area contributed by atoms with Crippen LogP contribution in [0.3, 0.4) is 0 Å². The second-order valence-corrected chi connectivity index (χ2v) is 4.01. The smallest absolute Gasteiger partial charge is 0.174 e. The van der Waals surface area contributed by atoms with E-state index in [0.717, 1.165) is 5.69 Å². The molecule has 1 aromatic carbocycles. The van der Waals surface area contributed by atoms with Gasteiger partial charge in [-0.2, -0.15) is 0 Å². The second-order valence-electron chi connectivity index (χ2n) is 4.01. The molecular weight excluding hydrogens is 235 g/mol. The van der Waals surface area contributed by atoms with Gasteiger partial charge < -0.3 is 14.6 Å². The van der Waals surface area contributed by atoms with Gasteiger partial charge >= 0.3 is 0 Å². The number of hydrogen-bond donors (Lipinski definition) is 1. The summed E-state index contributed by atoms with van der Waals surface area (Å²) < 4.78 is 23.8. The lowest BCUT2D eigenvalue weighted by Gasteiger charge is -2.04. The van der Waals surface area contributed by atoms with E-state index in [0.29, 0.717) is 23.6 Å². The van der Waals surface area contributed by atoms with Gasteiger partial charge in [0.15, 0.2) is 5.76 Å². The molecule has 1 heterocycles. The number of nitrogens with zero attached hydrogens (tertiary/aromatic N) is 1. The quantitative estimate of drug-likeness (QED) is 0.885. The molecule has 1 N–H and O–H groups in total. The van der Waals surface area contributed by atoms with E-state index in [4.69, 9.17) is 9.26 Å². The Bertz CT molecular complexity index is 525. The van der Waals surface area contributed by atoms with Crippen molar-refractivity contribution in [2.24, 2.45) is 0 Å². The molecular formula is C13H15FN2O2. The fraction of sp³-hybridized carbons (Fsp3) is 0.308. The molecule has 0 aliphatic rings. The lowest BCUT2D eigenvalue weighted by atomic mass is 10.2. The fourth-order valence-corrected chi connectivity index (χ4v) is 1.51. The van der Waals surface area contributed by atoms with Crippen LogP contribution in [0.5, 0.6) is 5.75 Å². The molecule has 0 bridgehead atoms. The summed E-state index contributed by atoms with van der Waals surface area (Å²) in [5, 5.41) is 6.83. The highest BCUT2D eigenvalue weighted by Gasteiger charge is 2.05. The van der Waals surface area contributed by atoms with Crippen LogP contribution in [0.25, 0.3) is 0 Å². The first kappa shape index (κ1) is 12.6. The Kier molecular flexibility index (Phi) is 3.94. The zero-order valence-electron chi connectivity index (χ0n) is 10.4. The summed E-state index contributed by atoms with van der Waals surface area (Å²) in [5.41, 5.74) is 1.41. The number of ether oxygens (including phenoxy) is 1. The predicted octanol–water partition coefficient (Wildman–Crippen LogP) is 2.42. The number of benzene rings is 1. The third kappa shape index (κ3) is 3.07. The zero-order chi connectivity index (χ0) is 13.0. The molecule has 0 fully saturated rings. The van der Waals surface area contributed by atoms with E-state index in [1.165, 1.54) is 6.07 Å². The molecule has 2 rings (SSSR count). The maximum atomic E-state index is 13.3. The largest absolute Gasteiger partial charge is 0.485 e. The summed E-state index contributed by atoms with van der Waals surface area (Å²) in [6.07, 6.45) is 0. The average Bonchev–Trinajstić information content (AvgIpc) is 2.79. The SMILES string of the molecule is CNCc1cc(COc2ccc(C)c(F)c2)on1. The Balaban J connectivity index is 1.95. The second kappa shape index (κ2) is 5.64. The highest BCUT2D eigenvalue weighted by molar-refractivity contribution is 5.28. The predicted molar refractivity (Wildman–Crippen MR) is 64.7 cm³/mol. The number of halogens is 1. The summed E-state index contributed by atoms with van der Waals surface area (Å²) in [6, 6.07) is 6.57. The lowest BCUT2D eigenvalue weighted by molar-refractivity contribution is 0.247. The maximum Gasteiger partial charge on any atom is 0.174 e. The first-order chi connectivity index (χ1) is 8.69. The summed E-state index contributed by atoms with van der Waals surface area (Å²) in [4.78, 5) is 0. The van der Waals surface area contributed by atoms with Crippen molar-refractivity contribution in [2.75, 3.05) is 7.05 Å². The van der Waals surface area contributed by atoms with Gasteiger partial charge in [-0.3, -0.25) is 0 Å². The van der Waals surface area contributed by atoms with Crippen molar-refractivity contribution in [1.29, 1.82) is 0 Å². The third-order valence-electron chi connectivity index (χ3n) is 2.49. The number of hydrogen-bond acceptors (Lipinski definition) is 4. The minimum Gasteiger partial charge on any atom is -0.485 e. The number of aromatic nitrogens is 1. The molecule has 0 aliphatic heterocycles. The monoisotopic (exact) mass is 250 g/mol. The molecule has 0 atom stereocenters. The molecule has 0 unspecified atom stereocenters. The van der Waals surface area contributed by atoms with Crippen LogP contribution < -0.4 is 10.1 Å². The Morgan fingerprint density at radius 1 is 1.39 bits per heavy atom. The van der Waals surface area contributed by atoms with Crippen molar-refractivity contribution in [1.82, 2.24) is 10.5 Å². The molecule has 2 aromatic rings. The molecule has 0 amide bonds. The topological polar surface area (TPSA) is 47.3 Å². The number of aryl methyl sites for hydroxylation is 1. The standard InChI is InChI=1S/C13H15FN2O2/c1-9-3-4-11(6-13(9)14)17-8-12-5-10(7-15-2)16-18-12/h3-6,15H,7-8H2,1-2H3. The Hall–Kier alpha value is -1.88. The van der Waals surface area contributed by atoms with Crippen LogP contribution in [-0.4, -0.2) is 12.2 Å². The summed E-state index contributed by atoms with van der Waals surface area (Å²) in [6.45, 7) is 2.58. The van der Waals surface area contributed by atoms with E-state index < -0.39 is 0 Å². The van der Waals surface area contributed by atoms with Crippen molar-refractivity contribution in [3.8, 4) is 5.75 Å². The first-order valence-corrected chi connectivity index (χ1v) is 5.67. The van der Waals surface area contributed by atoms with E-state index in [1.54, 1.807) is 25.1 Å². The van der Waals surface area contributed by atoms with Crippen molar-refractivity contribution >= 4 is 0 Å². The lowest BCUT2D eigenvalue weighted by Crippen LogP contribution is -2.04. The van der Waals surface area contributed by atoms with Gasteiger partial charge in [-0.25, -0.2) is 4.39 Å². The molecule has 0 saturated carbocycles. The summed E-state index contributed by atoms with van der Waals surface area (Å²) >= 11 is 0. The van der Waals surface area contributed by atoms with Crippen LogP contribution in [0.4, 0.5) is 4.39 Å². The van der Waals surface area contributed by atoms with Gasteiger partial charge in [0.25, 0.3) is 0 Å². The maximum absolute atomic E-state index is 13.3. The van der Waals surface area contributed by atoms with E-state index in [1.807, 2.05) is 7.05 Å². The van der Waals surface area contributed by atoms with Crippen molar-refractivity contribution in [3.05, 3.63) is 47.1 Å². The minimum atomic E-state index is -0.277. The molecule has 18 heavy (non-hydrogen) atoms. The molecule has 4 nitrogen and oxygen atoms in total. The van der Waals surface area contributed by atoms with Crippen molar-refractivity contribution in [3.63, 3.8) is 0 Å². The van der Waals surface area contributed by atoms with Crippen LogP contribution in [0.2, 0.25) is 0 Å². The summed E-state index contributed by atoms with van der Waals surface area (Å²) in [7, 11) is 1.83. The Labute approximate surface area is 105 Å². The number of rotatable bonds is 5.